The van der Waals surface area contributed by atoms with Gasteiger partial charge in [-0.05, 0) is 64.5 Å². The van der Waals surface area contributed by atoms with E-state index in [4.69, 9.17) is 33.2 Å². The van der Waals surface area contributed by atoms with Crippen LogP contribution in [0.2, 0.25) is 0 Å². The Hall–Kier alpha value is -1.32. The number of amides is 3. The standard InChI is InChI=1S/C36H68N2O10S/c1-8-31-26-34(40)38(35(31)41)15-10-33(39)37-14-9-16-45-27-32(48-22-21-44-23-25-49-24-12-29(2)3)28-46-20-19-43-17-11-30(4)47-18-13-36(5,6)42-7/h29-32H,8-28H2,1-7H3,(H,37,39). The molecule has 49 heavy (non-hydrogen) atoms. The zero-order chi connectivity index (χ0) is 36.3. The lowest BCUT2D eigenvalue weighted by Crippen LogP contribution is -2.35. The zero-order valence-corrected chi connectivity index (χ0v) is 32.4. The molecule has 1 aliphatic heterocycles. The molecule has 0 bridgehead atoms. The van der Waals surface area contributed by atoms with Crippen molar-refractivity contribution in [3.63, 3.8) is 0 Å². The molecule has 1 rings (SSSR count). The van der Waals surface area contributed by atoms with Crippen LogP contribution in [0.3, 0.4) is 0 Å². The maximum Gasteiger partial charge on any atom is 0.232 e. The summed E-state index contributed by atoms with van der Waals surface area (Å²) in [4.78, 5) is 37.7. The number of methoxy groups -OCH3 is 1. The number of rotatable bonds is 33. The summed E-state index contributed by atoms with van der Waals surface area (Å²) in [6.45, 7) is 18.1. The molecule has 1 fully saturated rings. The van der Waals surface area contributed by atoms with Gasteiger partial charge in [-0.15, -0.1) is 0 Å². The number of carbonyl (C=O) groups excluding carboxylic acids is 3. The smallest absolute Gasteiger partial charge is 0.232 e. The van der Waals surface area contributed by atoms with Gasteiger partial charge in [0.05, 0.1) is 58.0 Å². The second-order valence-corrected chi connectivity index (χ2v) is 14.7. The summed E-state index contributed by atoms with van der Waals surface area (Å²) in [6.07, 6.45) is 4.31. The molecular formula is C36H68N2O10S. The van der Waals surface area contributed by atoms with E-state index in [9.17, 15) is 14.4 Å². The Morgan fingerprint density at radius 3 is 2.29 bits per heavy atom. The summed E-state index contributed by atoms with van der Waals surface area (Å²) in [5.74, 6) is 2.05. The molecule has 0 aromatic rings. The zero-order valence-electron chi connectivity index (χ0n) is 31.6. The molecule has 1 N–H and O–H groups in total. The predicted molar refractivity (Wildman–Crippen MR) is 193 cm³/mol. The fraction of sp³-hybridized carbons (Fsp3) is 0.917. The van der Waals surface area contributed by atoms with Crippen LogP contribution in [0.25, 0.3) is 0 Å². The Morgan fingerprint density at radius 2 is 1.59 bits per heavy atom. The van der Waals surface area contributed by atoms with E-state index in [1.54, 1.807) is 7.11 Å². The molecule has 1 saturated heterocycles. The van der Waals surface area contributed by atoms with E-state index >= 15 is 0 Å². The molecule has 12 nitrogen and oxygen atoms in total. The van der Waals surface area contributed by atoms with Crippen molar-refractivity contribution >= 4 is 29.5 Å². The van der Waals surface area contributed by atoms with Gasteiger partial charge in [0.2, 0.25) is 17.7 Å². The lowest BCUT2D eigenvalue weighted by molar-refractivity contribution is -0.139. The number of nitrogens with one attached hydrogen (secondary N) is 1. The maximum atomic E-state index is 12.2. The van der Waals surface area contributed by atoms with Crippen molar-refractivity contribution in [2.75, 3.05) is 97.8 Å². The van der Waals surface area contributed by atoms with Crippen molar-refractivity contribution in [3.05, 3.63) is 0 Å². The molecule has 0 aliphatic carbocycles. The number of likely N-dealkylation sites (tertiary alicyclic amines) is 1. The van der Waals surface area contributed by atoms with Crippen molar-refractivity contribution < 1.29 is 47.5 Å². The molecule has 1 heterocycles. The number of nitrogens with zero attached hydrogens (tertiary/aromatic N) is 1. The van der Waals surface area contributed by atoms with E-state index in [0.717, 1.165) is 30.3 Å². The average Bonchev–Trinajstić information content (AvgIpc) is 3.34. The summed E-state index contributed by atoms with van der Waals surface area (Å²) in [6, 6.07) is 0. The first-order valence-electron chi connectivity index (χ1n) is 18.3. The van der Waals surface area contributed by atoms with Crippen molar-refractivity contribution in [1.82, 2.24) is 10.2 Å². The van der Waals surface area contributed by atoms with Crippen molar-refractivity contribution in [1.29, 1.82) is 0 Å². The monoisotopic (exact) mass is 720 g/mol. The minimum atomic E-state index is -0.258. The van der Waals surface area contributed by atoms with Crippen LogP contribution in [-0.2, 0) is 47.5 Å². The van der Waals surface area contributed by atoms with Gasteiger partial charge in [0, 0.05) is 64.5 Å². The summed E-state index contributed by atoms with van der Waals surface area (Å²) in [5, 5.41) is 2.84. The van der Waals surface area contributed by atoms with Crippen LogP contribution in [0.5, 0.6) is 0 Å². The normalized spacial score (nSPS) is 16.6. The van der Waals surface area contributed by atoms with Gasteiger partial charge in [0.25, 0.3) is 0 Å². The summed E-state index contributed by atoms with van der Waals surface area (Å²) in [5.41, 5.74) is -0.183. The first-order valence-corrected chi connectivity index (χ1v) is 19.4. The Balaban J connectivity index is 2.25. The highest BCUT2D eigenvalue weighted by Gasteiger charge is 2.37. The Kier molecular flexibility index (Phi) is 26.4. The Bertz CT molecular complexity index is 879. The highest BCUT2D eigenvalue weighted by molar-refractivity contribution is 7.99. The molecule has 13 heteroatoms. The van der Waals surface area contributed by atoms with Crippen molar-refractivity contribution in [3.8, 4) is 0 Å². The van der Waals surface area contributed by atoms with E-state index in [2.05, 4.69) is 33.0 Å². The minimum absolute atomic E-state index is 0.102. The predicted octanol–water partition coefficient (Wildman–Crippen LogP) is 4.51. The van der Waals surface area contributed by atoms with E-state index in [1.165, 1.54) is 11.3 Å². The van der Waals surface area contributed by atoms with Crippen LogP contribution in [0.15, 0.2) is 0 Å². The van der Waals surface area contributed by atoms with Gasteiger partial charge in [-0.3, -0.25) is 19.3 Å². The molecule has 0 aromatic heterocycles. The Morgan fingerprint density at radius 1 is 0.898 bits per heavy atom. The highest BCUT2D eigenvalue weighted by atomic mass is 32.2. The third kappa shape index (κ3) is 23.7. The van der Waals surface area contributed by atoms with E-state index < -0.39 is 0 Å². The lowest BCUT2D eigenvalue weighted by atomic mass is 10.1. The molecule has 0 saturated carbocycles. The summed E-state index contributed by atoms with van der Waals surface area (Å²) >= 11 is 1.92. The largest absolute Gasteiger partial charge is 0.379 e. The molecule has 0 aromatic carbocycles. The van der Waals surface area contributed by atoms with Crippen LogP contribution in [-0.4, -0.2) is 138 Å². The first kappa shape index (κ1) is 45.7. The fourth-order valence-electron chi connectivity index (χ4n) is 4.66. The van der Waals surface area contributed by atoms with Gasteiger partial charge < -0.3 is 38.5 Å². The molecule has 0 radical (unpaired) electrons. The second kappa shape index (κ2) is 28.3. The minimum Gasteiger partial charge on any atom is -0.379 e. The van der Waals surface area contributed by atoms with E-state index in [0.29, 0.717) is 85.5 Å². The molecule has 1 aliphatic rings. The number of ether oxygens (including phenoxy) is 7. The number of hydrogen-bond acceptors (Lipinski definition) is 11. The van der Waals surface area contributed by atoms with Gasteiger partial charge in [-0.25, -0.2) is 0 Å². The summed E-state index contributed by atoms with van der Waals surface area (Å²) in [7, 11) is 1.72. The van der Waals surface area contributed by atoms with Crippen LogP contribution in [0.1, 0.15) is 86.5 Å². The summed E-state index contributed by atoms with van der Waals surface area (Å²) < 4.78 is 40.5. The number of imide groups is 1. The molecule has 3 unspecified atom stereocenters. The molecule has 3 amide bonds. The van der Waals surface area contributed by atoms with Gasteiger partial charge >= 0.3 is 0 Å². The molecule has 3 atom stereocenters. The number of hydrogen-bond donors (Lipinski definition) is 1. The fourth-order valence-corrected chi connectivity index (χ4v) is 5.74. The maximum absolute atomic E-state index is 12.2. The quantitative estimate of drug-likeness (QED) is 0.0760. The third-order valence-electron chi connectivity index (χ3n) is 8.28. The van der Waals surface area contributed by atoms with Gasteiger partial charge in [-0.2, -0.15) is 11.8 Å². The number of thioether (sulfide) groups is 1. The SMILES string of the molecule is CCC1CC(=O)N(CCC(=O)NCCCOCC(COCCOCCC(C)OCCC(C)(C)OC)OCCOCCSCCC(C)C)C1=O. The van der Waals surface area contributed by atoms with Crippen molar-refractivity contribution in [2.24, 2.45) is 11.8 Å². The average molecular weight is 721 g/mol. The van der Waals surface area contributed by atoms with Crippen LogP contribution < -0.4 is 5.32 Å². The van der Waals surface area contributed by atoms with Crippen molar-refractivity contribution in [2.45, 2.75) is 104 Å². The van der Waals surface area contributed by atoms with E-state index in [-0.39, 0.29) is 60.8 Å². The van der Waals surface area contributed by atoms with Gasteiger partial charge in [-0.1, -0.05) is 20.8 Å². The van der Waals surface area contributed by atoms with Gasteiger partial charge in [0.1, 0.15) is 6.10 Å². The highest BCUT2D eigenvalue weighted by Crippen LogP contribution is 2.22. The van der Waals surface area contributed by atoms with Crippen LogP contribution in [0.4, 0.5) is 0 Å². The molecule has 288 valence electrons. The second-order valence-electron chi connectivity index (χ2n) is 13.5. The topological polar surface area (TPSA) is 131 Å². The number of carbonyl (C=O) groups is 3. The van der Waals surface area contributed by atoms with Gasteiger partial charge in [0.15, 0.2) is 0 Å². The van der Waals surface area contributed by atoms with E-state index in [1.807, 2.05) is 25.6 Å². The van der Waals surface area contributed by atoms with Crippen LogP contribution >= 0.6 is 11.8 Å². The van der Waals surface area contributed by atoms with Crippen LogP contribution in [0, 0.1) is 11.8 Å². The molecular weight excluding hydrogens is 652 g/mol. The first-order chi connectivity index (χ1) is 23.5. The molecule has 0 spiro atoms. The third-order valence-corrected chi connectivity index (χ3v) is 9.26. The lowest BCUT2D eigenvalue weighted by Gasteiger charge is -2.23. The Labute approximate surface area is 300 Å².